The molecule has 6 atom stereocenters. The molecule has 0 radical (unpaired) electrons. The van der Waals surface area contributed by atoms with Gasteiger partial charge in [0.25, 0.3) is 11.8 Å². The minimum absolute atomic E-state index is 0.143. The van der Waals surface area contributed by atoms with Gasteiger partial charge in [-0.05, 0) is 46.9 Å². The fraction of sp³-hybridized carbons (Fsp3) is 0.348. The number of hydrogen-bond donors (Lipinski definition) is 0. The fourth-order valence-electron chi connectivity index (χ4n) is 5.76. The molecule has 7 rings (SSSR count). The van der Waals surface area contributed by atoms with Crippen molar-refractivity contribution in [2.75, 3.05) is 7.11 Å². The number of methoxy groups -OCH3 is 1. The largest absolute Gasteiger partial charge is 0.496 e. The predicted octanol–water partition coefficient (Wildman–Crippen LogP) is 3.24. The second kappa shape index (κ2) is 5.53. The van der Waals surface area contributed by atoms with E-state index in [0.29, 0.717) is 17.6 Å². The molecule has 5 nitrogen and oxygen atoms in total. The van der Waals surface area contributed by atoms with Crippen molar-refractivity contribution in [2.24, 2.45) is 40.6 Å². The molecule has 2 bridgehead atoms. The Morgan fingerprint density at radius 3 is 2.36 bits per heavy atom. The lowest BCUT2D eigenvalue weighted by Crippen LogP contribution is -2.40. The van der Waals surface area contributed by atoms with E-state index < -0.39 is 0 Å². The molecule has 0 N–H and O–H groups in total. The molecule has 5 heteroatoms. The lowest BCUT2D eigenvalue weighted by atomic mass is 9.63. The summed E-state index contributed by atoms with van der Waals surface area (Å²) in [6.45, 7) is 0. The van der Waals surface area contributed by atoms with E-state index in [9.17, 15) is 9.59 Å². The van der Waals surface area contributed by atoms with E-state index in [1.165, 1.54) is 0 Å². The average Bonchev–Trinajstić information content (AvgIpc) is 3.51. The van der Waals surface area contributed by atoms with Crippen LogP contribution in [0.2, 0.25) is 0 Å². The number of carbonyl (C=O) groups is 2. The van der Waals surface area contributed by atoms with E-state index in [4.69, 9.17) is 4.74 Å². The Kier molecular flexibility index (Phi) is 3.17. The third-order valence-electron chi connectivity index (χ3n) is 7.09. The average molecular weight is 372 g/mol. The fourth-order valence-corrected chi connectivity index (χ4v) is 5.76. The van der Waals surface area contributed by atoms with Gasteiger partial charge in [0.05, 0.1) is 25.2 Å². The molecule has 5 aliphatic rings. The van der Waals surface area contributed by atoms with Crippen molar-refractivity contribution < 1.29 is 14.3 Å². The summed E-state index contributed by atoms with van der Waals surface area (Å²) in [4.78, 5) is 26.1. The van der Waals surface area contributed by atoms with Gasteiger partial charge in [0.2, 0.25) is 0 Å². The molecule has 1 heterocycles. The summed E-state index contributed by atoms with van der Waals surface area (Å²) in [7, 11) is 1.61. The monoisotopic (exact) mass is 372 g/mol. The highest BCUT2D eigenvalue weighted by atomic mass is 16.5. The third kappa shape index (κ3) is 1.99. The minimum atomic E-state index is -0.224. The summed E-state index contributed by atoms with van der Waals surface area (Å²) in [5.74, 6) is 1.54. The van der Waals surface area contributed by atoms with Crippen LogP contribution in [-0.2, 0) is 9.59 Å². The van der Waals surface area contributed by atoms with Crippen molar-refractivity contribution in [3.05, 3.63) is 54.1 Å². The van der Waals surface area contributed by atoms with Crippen LogP contribution in [0.25, 0.3) is 10.8 Å². The van der Waals surface area contributed by atoms with Gasteiger partial charge in [-0.2, -0.15) is 10.1 Å². The molecule has 2 saturated carbocycles. The number of amides is 2. The van der Waals surface area contributed by atoms with Crippen molar-refractivity contribution in [3.63, 3.8) is 0 Å². The van der Waals surface area contributed by atoms with E-state index in [0.717, 1.165) is 27.8 Å². The maximum absolute atomic E-state index is 13.1. The van der Waals surface area contributed by atoms with Crippen LogP contribution < -0.4 is 4.74 Å². The molecule has 0 aromatic heterocycles. The van der Waals surface area contributed by atoms with Crippen LogP contribution in [-0.4, -0.2) is 30.1 Å². The van der Waals surface area contributed by atoms with Crippen LogP contribution in [0.1, 0.15) is 12.0 Å². The molecule has 4 aliphatic carbocycles. The van der Waals surface area contributed by atoms with Crippen molar-refractivity contribution in [3.8, 4) is 5.75 Å². The first-order valence-electron chi connectivity index (χ1n) is 9.85. The first-order valence-corrected chi connectivity index (χ1v) is 9.85. The molecule has 28 heavy (non-hydrogen) atoms. The summed E-state index contributed by atoms with van der Waals surface area (Å²) in [5, 5.41) is 7.53. The molecule has 140 valence electrons. The normalized spacial score (nSPS) is 35.0. The van der Waals surface area contributed by atoms with Crippen molar-refractivity contribution in [1.82, 2.24) is 5.01 Å². The van der Waals surface area contributed by atoms with Gasteiger partial charge in [-0.1, -0.05) is 42.5 Å². The summed E-state index contributed by atoms with van der Waals surface area (Å²) < 4.78 is 5.49. The first-order chi connectivity index (χ1) is 13.7. The highest BCUT2D eigenvalue weighted by molar-refractivity contribution is 6.08. The van der Waals surface area contributed by atoms with E-state index in [2.05, 4.69) is 17.3 Å². The van der Waals surface area contributed by atoms with Crippen LogP contribution >= 0.6 is 0 Å². The van der Waals surface area contributed by atoms with Gasteiger partial charge in [-0.25, -0.2) is 0 Å². The summed E-state index contributed by atoms with van der Waals surface area (Å²) in [6, 6.07) is 11.8. The number of hydrazone groups is 1. The molecule has 2 aromatic carbocycles. The van der Waals surface area contributed by atoms with Gasteiger partial charge < -0.3 is 4.74 Å². The number of ether oxygens (including phenoxy) is 1. The van der Waals surface area contributed by atoms with Crippen LogP contribution in [0.5, 0.6) is 5.75 Å². The maximum atomic E-state index is 13.1. The topological polar surface area (TPSA) is 59.0 Å². The smallest absolute Gasteiger partial charge is 0.254 e. The predicted molar refractivity (Wildman–Crippen MR) is 105 cm³/mol. The molecule has 1 saturated heterocycles. The van der Waals surface area contributed by atoms with Crippen molar-refractivity contribution in [1.29, 1.82) is 0 Å². The number of carbonyl (C=O) groups excluding carboxylic acids is 2. The van der Waals surface area contributed by atoms with Gasteiger partial charge in [0, 0.05) is 5.56 Å². The molecular weight excluding hydrogens is 352 g/mol. The van der Waals surface area contributed by atoms with E-state index in [1.54, 1.807) is 13.3 Å². The van der Waals surface area contributed by atoms with Gasteiger partial charge in [-0.3, -0.25) is 9.59 Å². The van der Waals surface area contributed by atoms with Gasteiger partial charge >= 0.3 is 0 Å². The summed E-state index contributed by atoms with van der Waals surface area (Å²) >= 11 is 0. The molecule has 1 aliphatic heterocycles. The van der Waals surface area contributed by atoms with Gasteiger partial charge in [0.15, 0.2) is 0 Å². The first kappa shape index (κ1) is 16.0. The Labute approximate surface area is 162 Å². The number of imide groups is 1. The number of fused-ring (bicyclic) bond motifs is 1. The molecule has 2 amide bonds. The standard InChI is InChI=1S/C23H20N2O3/c1-28-19-9-6-12-4-2-3-5-13(12)18(19)11-24-25-22(26)20-14-7-8-15(17-10-16(14)17)21(20)23(25)27/h2-9,11,14-17,20-21H,10H2,1H3/b24-11-/t14-,15-,16-,17+,20+,21+/m0/s1. The Balaban J connectivity index is 1.38. The zero-order chi connectivity index (χ0) is 19.0. The number of rotatable bonds is 3. The van der Waals surface area contributed by atoms with Crippen LogP contribution in [0.4, 0.5) is 0 Å². The number of allylic oxidation sites excluding steroid dienone is 2. The number of hydrogen-bond acceptors (Lipinski definition) is 4. The van der Waals surface area contributed by atoms with Crippen LogP contribution in [0, 0.1) is 35.5 Å². The molecule has 3 fully saturated rings. The molecule has 0 spiro atoms. The van der Waals surface area contributed by atoms with E-state index in [1.807, 2.05) is 36.4 Å². The highest BCUT2D eigenvalue weighted by Crippen LogP contribution is 2.65. The Morgan fingerprint density at radius 1 is 1.00 bits per heavy atom. The van der Waals surface area contributed by atoms with Crippen molar-refractivity contribution >= 4 is 28.8 Å². The minimum Gasteiger partial charge on any atom is -0.496 e. The molecule has 2 aromatic rings. The van der Waals surface area contributed by atoms with Gasteiger partial charge in [0.1, 0.15) is 5.75 Å². The third-order valence-corrected chi connectivity index (χ3v) is 7.09. The van der Waals surface area contributed by atoms with E-state index in [-0.39, 0.29) is 35.5 Å². The quantitative estimate of drug-likeness (QED) is 0.472. The zero-order valence-corrected chi connectivity index (χ0v) is 15.5. The lowest BCUT2D eigenvalue weighted by molar-refractivity contribution is -0.140. The molecule has 0 unspecified atom stereocenters. The second-order valence-corrected chi connectivity index (χ2v) is 8.29. The van der Waals surface area contributed by atoms with Crippen molar-refractivity contribution in [2.45, 2.75) is 6.42 Å². The highest BCUT2D eigenvalue weighted by Gasteiger charge is 2.67. The van der Waals surface area contributed by atoms with Crippen LogP contribution in [0.3, 0.4) is 0 Å². The number of nitrogens with zero attached hydrogens (tertiary/aromatic N) is 2. The number of benzene rings is 2. The second-order valence-electron chi connectivity index (χ2n) is 8.29. The summed E-state index contributed by atoms with van der Waals surface area (Å²) in [5.41, 5.74) is 0.778. The Bertz CT molecular complexity index is 1050. The Hall–Kier alpha value is -2.95. The zero-order valence-electron chi connectivity index (χ0n) is 15.5. The SMILES string of the molecule is COc1ccc2ccccc2c1/C=N\N1C(=O)[C@@H]2[C@H]3C=C[C@@H]([C@@H]4C[C@H]34)[C@H]2C1=O. The summed E-state index contributed by atoms with van der Waals surface area (Å²) in [6.07, 6.45) is 7.11. The molecular formula is C23H20N2O3. The van der Waals surface area contributed by atoms with Gasteiger partial charge in [-0.15, -0.1) is 0 Å². The maximum Gasteiger partial charge on any atom is 0.254 e. The van der Waals surface area contributed by atoms with E-state index >= 15 is 0 Å². The lowest BCUT2D eigenvalue weighted by Gasteiger charge is -2.37. The Morgan fingerprint density at radius 2 is 1.68 bits per heavy atom. The van der Waals surface area contributed by atoms with Crippen LogP contribution in [0.15, 0.2) is 53.7 Å².